The standard InChI is InChI=1S/C10H6N2O2/c11-6-10(12-14)5-7-3-1-2-4-8(7)9(10)13/h1-4H,5H2. The van der Waals surface area contributed by atoms with Crippen molar-refractivity contribution in [1.29, 1.82) is 5.26 Å². The number of nitroso groups, excluding NO2 is 1. The molecule has 0 radical (unpaired) electrons. The molecule has 0 amide bonds. The van der Waals surface area contributed by atoms with E-state index in [1.807, 2.05) is 0 Å². The summed E-state index contributed by atoms with van der Waals surface area (Å²) < 4.78 is 0. The lowest BCUT2D eigenvalue weighted by atomic mass is 9.98. The summed E-state index contributed by atoms with van der Waals surface area (Å²) in [4.78, 5) is 22.2. The predicted molar refractivity (Wildman–Crippen MR) is 48.6 cm³/mol. The molecule has 0 fully saturated rings. The van der Waals surface area contributed by atoms with Crippen molar-refractivity contribution in [3.8, 4) is 6.07 Å². The lowest BCUT2D eigenvalue weighted by Gasteiger charge is -2.05. The van der Waals surface area contributed by atoms with Crippen LogP contribution in [0, 0.1) is 16.2 Å². The van der Waals surface area contributed by atoms with Gasteiger partial charge in [0.05, 0.1) is 0 Å². The molecule has 4 heteroatoms. The summed E-state index contributed by atoms with van der Waals surface area (Å²) in [5.74, 6) is -0.481. The summed E-state index contributed by atoms with van der Waals surface area (Å²) in [5, 5.41) is 11.5. The molecular formula is C10H6N2O2. The second-order valence-electron chi connectivity index (χ2n) is 3.23. The first-order valence-electron chi connectivity index (χ1n) is 4.12. The van der Waals surface area contributed by atoms with Crippen molar-refractivity contribution in [2.24, 2.45) is 5.18 Å². The fourth-order valence-corrected chi connectivity index (χ4v) is 1.66. The third-order valence-corrected chi connectivity index (χ3v) is 2.42. The molecule has 0 aliphatic heterocycles. The number of hydrogen-bond acceptors (Lipinski definition) is 4. The first-order valence-corrected chi connectivity index (χ1v) is 4.12. The zero-order valence-corrected chi connectivity index (χ0v) is 7.23. The number of rotatable bonds is 1. The van der Waals surface area contributed by atoms with Crippen molar-refractivity contribution in [2.45, 2.75) is 12.0 Å². The molecule has 1 unspecified atom stereocenters. The summed E-state index contributed by atoms with van der Waals surface area (Å²) in [7, 11) is 0. The van der Waals surface area contributed by atoms with Gasteiger partial charge in [0.15, 0.2) is 0 Å². The van der Waals surface area contributed by atoms with Crippen LogP contribution in [0.3, 0.4) is 0 Å². The van der Waals surface area contributed by atoms with Crippen LogP contribution in [0.5, 0.6) is 0 Å². The Morgan fingerprint density at radius 1 is 1.43 bits per heavy atom. The van der Waals surface area contributed by atoms with E-state index in [2.05, 4.69) is 5.18 Å². The molecule has 1 atom stereocenters. The Morgan fingerprint density at radius 3 is 2.71 bits per heavy atom. The van der Waals surface area contributed by atoms with Crippen molar-refractivity contribution in [3.05, 3.63) is 40.3 Å². The minimum absolute atomic E-state index is 0.0992. The zero-order chi connectivity index (χ0) is 10.2. The van der Waals surface area contributed by atoms with Gasteiger partial charge < -0.3 is 0 Å². The van der Waals surface area contributed by atoms with E-state index in [0.29, 0.717) is 5.56 Å². The fraction of sp³-hybridized carbons (Fsp3) is 0.200. The van der Waals surface area contributed by atoms with Crippen LogP contribution in [0.1, 0.15) is 15.9 Å². The molecule has 1 aromatic carbocycles. The average Bonchev–Trinajstić information content (AvgIpc) is 2.53. The number of ketones is 1. The molecule has 0 aromatic heterocycles. The second-order valence-corrected chi connectivity index (χ2v) is 3.23. The third-order valence-electron chi connectivity index (χ3n) is 2.42. The summed E-state index contributed by atoms with van der Waals surface area (Å²) in [6.45, 7) is 0. The van der Waals surface area contributed by atoms with E-state index in [-0.39, 0.29) is 6.42 Å². The largest absolute Gasteiger partial charge is 0.290 e. The van der Waals surface area contributed by atoms with Gasteiger partial charge in [-0.3, -0.25) is 4.79 Å². The van der Waals surface area contributed by atoms with Gasteiger partial charge in [0.2, 0.25) is 5.78 Å². The predicted octanol–water partition coefficient (Wildman–Crippen LogP) is 1.45. The first kappa shape index (κ1) is 8.57. The van der Waals surface area contributed by atoms with Crippen LogP contribution in [0.2, 0.25) is 0 Å². The van der Waals surface area contributed by atoms with Gasteiger partial charge >= 0.3 is 0 Å². The van der Waals surface area contributed by atoms with Crippen LogP contribution in [0.15, 0.2) is 29.4 Å². The number of nitrogens with zero attached hydrogens (tertiary/aromatic N) is 2. The minimum atomic E-state index is -1.72. The molecule has 1 aliphatic rings. The van der Waals surface area contributed by atoms with Crippen molar-refractivity contribution >= 4 is 5.78 Å². The highest BCUT2D eigenvalue weighted by atomic mass is 16.3. The molecule has 68 valence electrons. The lowest BCUT2D eigenvalue weighted by Crippen LogP contribution is -2.31. The molecule has 0 N–H and O–H groups in total. The Morgan fingerprint density at radius 2 is 2.14 bits per heavy atom. The van der Waals surface area contributed by atoms with Gasteiger partial charge in [-0.1, -0.05) is 24.3 Å². The maximum Gasteiger partial charge on any atom is 0.254 e. The maximum atomic E-state index is 11.7. The number of fused-ring (bicyclic) bond motifs is 1. The highest BCUT2D eigenvalue weighted by Gasteiger charge is 2.47. The molecule has 0 saturated carbocycles. The molecule has 14 heavy (non-hydrogen) atoms. The second kappa shape index (κ2) is 2.74. The monoisotopic (exact) mass is 186 g/mol. The fourth-order valence-electron chi connectivity index (χ4n) is 1.66. The summed E-state index contributed by atoms with van der Waals surface area (Å²) in [6, 6.07) is 8.51. The van der Waals surface area contributed by atoms with Crippen LogP contribution >= 0.6 is 0 Å². The van der Waals surface area contributed by atoms with Crippen molar-refractivity contribution < 1.29 is 4.79 Å². The number of Topliss-reactive ketones (excluding diaryl/α,β-unsaturated/α-hetero) is 1. The normalized spacial score (nSPS) is 24.1. The number of nitriles is 1. The minimum Gasteiger partial charge on any atom is -0.290 e. The maximum absolute atomic E-state index is 11.7. The quantitative estimate of drug-likeness (QED) is 0.623. The first-order chi connectivity index (χ1) is 6.73. The molecule has 4 nitrogen and oxygen atoms in total. The molecule has 0 heterocycles. The third kappa shape index (κ3) is 0.895. The van der Waals surface area contributed by atoms with Gasteiger partial charge in [0, 0.05) is 12.0 Å². The Bertz CT molecular complexity index is 461. The Hall–Kier alpha value is -2.02. The Labute approximate surface area is 80.1 Å². The SMILES string of the molecule is N#CC1(N=O)Cc2ccccc2C1=O. The van der Waals surface area contributed by atoms with E-state index < -0.39 is 11.3 Å². The van der Waals surface area contributed by atoms with E-state index in [9.17, 15) is 9.70 Å². The highest BCUT2D eigenvalue weighted by Crippen LogP contribution is 2.32. The number of carbonyl (C=O) groups excluding carboxylic acids is 1. The summed E-state index contributed by atoms with van der Waals surface area (Å²) in [6.07, 6.45) is 0.0992. The average molecular weight is 186 g/mol. The van der Waals surface area contributed by atoms with E-state index in [0.717, 1.165) is 5.56 Å². The van der Waals surface area contributed by atoms with Crippen LogP contribution in [-0.4, -0.2) is 11.3 Å². The van der Waals surface area contributed by atoms with Crippen LogP contribution in [0.4, 0.5) is 0 Å². The Kier molecular flexibility index (Phi) is 1.68. The Balaban J connectivity index is 2.60. The lowest BCUT2D eigenvalue weighted by molar-refractivity contribution is 0.0943. The smallest absolute Gasteiger partial charge is 0.254 e. The molecule has 0 saturated heterocycles. The van der Waals surface area contributed by atoms with E-state index in [4.69, 9.17) is 5.26 Å². The van der Waals surface area contributed by atoms with Gasteiger partial charge in [-0.25, -0.2) is 0 Å². The van der Waals surface area contributed by atoms with Gasteiger partial charge in [-0.05, 0) is 10.7 Å². The van der Waals surface area contributed by atoms with Crippen LogP contribution in [-0.2, 0) is 6.42 Å². The van der Waals surface area contributed by atoms with Crippen LogP contribution < -0.4 is 0 Å². The summed E-state index contributed by atoms with van der Waals surface area (Å²) >= 11 is 0. The topological polar surface area (TPSA) is 70.3 Å². The molecule has 1 aromatic rings. The van der Waals surface area contributed by atoms with Crippen molar-refractivity contribution in [1.82, 2.24) is 0 Å². The molecular weight excluding hydrogens is 180 g/mol. The van der Waals surface area contributed by atoms with E-state index in [1.54, 1.807) is 30.3 Å². The summed E-state index contributed by atoms with van der Waals surface area (Å²) in [5.41, 5.74) is -0.559. The van der Waals surface area contributed by atoms with Crippen molar-refractivity contribution in [2.75, 3.05) is 0 Å². The van der Waals surface area contributed by atoms with Gasteiger partial charge in [-0.2, -0.15) is 5.26 Å². The zero-order valence-electron chi connectivity index (χ0n) is 7.23. The van der Waals surface area contributed by atoms with Gasteiger partial charge in [0.1, 0.15) is 6.07 Å². The van der Waals surface area contributed by atoms with Gasteiger partial charge in [-0.15, -0.1) is 4.91 Å². The highest BCUT2D eigenvalue weighted by molar-refractivity contribution is 6.09. The number of hydrogen-bond donors (Lipinski definition) is 0. The van der Waals surface area contributed by atoms with E-state index in [1.165, 1.54) is 0 Å². The van der Waals surface area contributed by atoms with Crippen LogP contribution in [0.25, 0.3) is 0 Å². The molecule has 1 aliphatic carbocycles. The number of benzene rings is 1. The molecule has 0 bridgehead atoms. The van der Waals surface area contributed by atoms with Gasteiger partial charge in [0.25, 0.3) is 5.54 Å². The molecule has 2 rings (SSSR count). The van der Waals surface area contributed by atoms with Crippen molar-refractivity contribution in [3.63, 3.8) is 0 Å². The van der Waals surface area contributed by atoms with E-state index >= 15 is 0 Å². The number of carbonyl (C=O) groups is 1. The molecule has 0 spiro atoms.